The number of hydrogen-bond acceptors (Lipinski definition) is 3. The zero-order valence-corrected chi connectivity index (χ0v) is 15.3. The number of anilines is 1. The van der Waals surface area contributed by atoms with Crippen LogP contribution in [0.4, 0.5) is 5.69 Å². The molecular weight excluding hydrogens is 298 g/mol. The highest BCUT2D eigenvalue weighted by Crippen LogP contribution is 2.26. The molecule has 1 aromatic rings. The molecule has 1 aliphatic heterocycles. The SMILES string of the molecule is CN=C(NCC(C)N(C)C1CC1)N1CCN(c2ccccc2)CC1. The Kier molecular flexibility index (Phi) is 5.61. The molecule has 5 nitrogen and oxygen atoms in total. The van der Waals surface area contributed by atoms with E-state index in [1.807, 2.05) is 7.05 Å². The molecule has 0 aromatic heterocycles. The number of hydrogen-bond donors (Lipinski definition) is 1. The summed E-state index contributed by atoms with van der Waals surface area (Å²) in [6, 6.07) is 12.0. The number of nitrogens with zero attached hydrogens (tertiary/aromatic N) is 4. The quantitative estimate of drug-likeness (QED) is 0.660. The summed E-state index contributed by atoms with van der Waals surface area (Å²) in [7, 11) is 4.13. The lowest BCUT2D eigenvalue weighted by Gasteiger charge is -2.38. The van der Waals surface area contributed by atoms with Crippen molar-refractivity contribution < 1.29 is 0 Å². The Morgan fingerprint density at radius 3 is 2.46 bits per heavy atom. The molecule has 0 radical (unpaired) electrons. The lowest BCUT2D eigenvalue weighted by Crippen LogP contribution is -2.54. The molecule has 1 atom stereocenters. The van der Waals surface area contributed by atoms with Crippen LogP contribution in [0.15, 0.2) is 35.3 Å². The lowest BCUT2D eigenvalue weighted by molar-refractivity contribution is 0.245. The third-order valence-electron chi connectivity index (χ3n) is 5.29. The molecule has 1 aliphatic carbocycles. The first kappa shape index (κ1) is 17.1. The minimum Gasteiger partial charge on any atom is -0.368 e. The maximum absolute atomic E-state index is 4.50. The van der Waals surface area contributed by atoms with Crippen molar-refractivity contribution in [1.29, 1.82) is 0 Å². The molecule has 24 heavy (non-hydrogen) atoms. The Balaban J connectivity index is 1.47. The number of likely N-dealkylation sites (N-methyl/N-ethyl adjacent to an activating group) is 1. The zero-order valence-electron chi connectivity index (χ0n) is 15.3. The van der Waals surface area contributed by atoms with E-state index in [4.69, 9.17) is 0 Å². The maximum Gasteiger partial charge on any atom is 0.193 e. The Morgan fingerprint density at radius 1 is 1.21 bits per heavy atom. The number of nitrogens with one attached hydrogen (secondary N) is 1. The smallest absolute Gasteiger partial charge is 0.193 e. The van der Waals surface area contributed by atoms with Gasteiger partial charge >= 0.3 is 0 Å². The van der Waals surface area contributed by atoms with E-state index in [0.717, 1.165) is 44.7 Å². The molecule has 3 rings (SSSR count). The molecule has 2 fully saturated rings. The van der Waals surface area contributed by atoms with E-state index >= 15 is 0 Å². The van der Waals surface area contributed by atoms with Gasteiger partial charge in [-0.25, -0.2) is 0 Å². The average molecular weight is 329 g/mol. The Bertz CT molecular complexity index is 532. The molecule has 1 aromatic carbocycles. The van der Waals surface area contributed by atoms with Crippen molar-refractivity contribution in [2.45, 2.75) is 31.8 Å². The minimum atomic E-state index is 0.542. The van der Waals surface area contributed by atoms with Crippen LogP contribution in [0.25, 0.3) is 0 Å². The second kappa shape index (κ2) is 7.88. The van der Waals surface area contributed by atoms with E-state index < -0.39 is 0 Å². The lowest BCUT2D eigenvalue weighted by atomic mass is 10.2. The van der Waals surface area contributed by atoms with E-state index in [2.05, 4.69) is 69.3 Å². The van der Waals surface area contributed by atoms with E-state index in [9.17, 15) is 0 Å². The third kappa shape index (κ3) is 4.20. The van der Waals surface area contributed by atoms with Crippen molar-refractivity contribution in [2.75, 3.05) is 51.7 Å². The summed E-state index contributed by atoms with van der Waals surface area (Å²) < 4.78 is 0. The second-order valence-corrected chi connectivity index (χ2v) is 6.98. The van der Waals surface area contributed by atoms with Gasteiger partial charge in [-0.05, 0) is 38.9 Å². The van der Waals surface area contributed by atoms with Crippen LogP contribution in [0.3, 0.4) is 0 Å². The van der Waals surface area contributed by atoms with Gasteiger partial charge in [-0.3, -0.25) is 9.89 Å². The van der Waals surface area contributed by atoms with E-state index in [0.29, 0.717) is 6.04 Å². The predicted molar refractivity (Wildman–Crippen MR) is 102 cm³/mol. The molecule has 1 saturated heterocycles. The molecular formula is C19H31N5. The standard InChI is InChI=1S/C19H31N5/c1-16(22(3)17-9-10-17)15-21-19(20-2)24-13-11-23(12-14-24)18-7-5-4-6-8-18/h4-8,16-17H,9-15H2,1-3H3,(H,20,21). The molecule has 1 N–H and O–H groups in total. The summed E-state index contributed by atoms with van der Waals surface area (Å²) in [6.07, 6.45) is 2.72. The van der Waals surface area contributed by atoms with Gasteiger partial charge in [0.05, 0.1) is 0 Å². The first-order valence-corrected chi connectivity index (χ1v) is 9.16. The van der Waals surface area contributed by atoms with Crippen molar-refractivity contribution in [1.82, 2.24) is 15.1 Å². The number of benzene rings is 1. The normalized spacial score (nSPS) is 20.4. The van der Waals surface area contributed by atoms with Crippen LogP contribution in [-0.2, 0) is 0 Å². The molecule has 0 spiro atoms. The summed E-state index contributed by atoms with van der Waals surface area (Å²) in [5, 5.41) is 3.57. The molecule has 132 valence electrons. The van der Waals surface area contributed by atoms with Gasteiger partial charge < -0.3 is 15.1 Å². The van der Waals surface area contributed by atoms with Gasteiger partial charge in [-0.15, -0.1) is 0 Å². The first-order valence-electron chi connectivity index (χ1n) is 9.16. The predicted octanol–water partition coefficient (Wildman–Crippen LogP) is 1.87. The average Bonchev–Trinajstić information content (AvgIpc) is 3.48. The summed E-state index contributed by atoms with van der Waals surface area (Å²) in [4.78, 5) is 11.8. The summed E-state index contributed by atoms with van der Waals surface area (Å²) in [5.41, 5.74) is 1.32. The summed E-state index contributed by atoms with van der Waals surface area (Å²) >= 11 is 0. The van der Waals surface area contributed by atoms with Gasteiger partial charge in [0.2, 0.25) is 0 Å². The Labute approximate surface area is 146 Å². The van der Waals surface area contributed by atoms with E-state index in [1.54, 1.807) is 0 Å². The van der Waals surface area contributed by atoms with Crippen LogP contribution < -0.4 is 10.2 Å². The fourth-order valence-corrected chi connectivity index (χ4v) is 3.37. The van der Waals surface area contributed by atoms with Crippen LogP contribution in [0, 0.1) is 0 Å². The topological polar surface area (TPSA) is 34.1 Å². The third-order valence-corrected chi connectivity index (χ3v) is 5.29. The Hall–Kier alpha value is -1.75. The molecule has 0 bridgehead atoms. The van der Waals surface area contributed by atoms with Gasteiger partial charge in [0.1, 0.15) is 0 Å². The maximum atomic E-state index is 4.50. The molecule has 0 amide bonds. The first-order chi connectivity index (χ1) is 11.7. The largest absolute Gasteiger partial charge is 0.368 e. The molecule has 2 aliphatic rings. The van der Waals surface area contributed by atoms with Crippen LogP contribution >= 0.6 is 0 Å². The van der Waals surface area contributed by atoms with E-state index in [1.165, 1.54) is 18.5 Å². The highest BCUT2D eigenvalue weighted by atomic mass is 15.4. The number of guanidine groups is 1. The monoisotopic (exact) mass is 329 g/mol. The zero-order chi connectivity index (χ0) is 16.9. The number of aliphatic imine (C=N–C) groups is 1. The number of rotatable bonds is 5. The van der Waals surface area contributed by atoms with Crippen LogP contribution in [0.5, 0.6) is 0 Å². The van der Waals surface area contributed by atoms with Crippen molar-refractivity contribution in [3.05, 3.63) is 30.3 Å². The van der Waals surface area contributed by atoms with Crippen molar-refractivity contribution >= 4 is 11.6 Å². The van der Waals surface area contributed by atoms with Crippen molar-refractivity contribution in [3.8, 4) is 0 Å². The van der Waals surface area contributed by atoms with Crippen LogP contribution in [-0.4, -0.2) is 74.7 Å². The van der Waals surface area contributed by atoms with Crippen molar-refractivity contribution in [3.63, 3.8) is 0 Å². The molecule has 5 heteroatoms. The molecule has 1 unspecified atom stereocenters. The van der Waals surface area contributed by atoms with Gasteiger partial charge in [-0.2, -0.15) is 0 Å². The molecule has 1 heterocycles. The second-order valence-electron chi connectivity index (χ2n) is 6.98. The van der Waals surface area contributed by atoms with Crippen molar-refractivity contribution in [2.24, 2.45) is 4.99 Å². The van der Waals surface area contributed by atoms with Crippen LogP contribution in [0.2, 0.25) is 0 Å². The molecule has 1 saturated carbocycles. The van der Waals surface area contributed by atoms with Gasteiger partial charge in [0.25, 0.3) is 0 Å². The van der Waals surface area contributed by atoms with E-state index in [-0.39, 0.29) is 0 Å². The highest BCUT2D eigenvalue weighted by Gasteiger charge is 2.29. The van der Waals surface area contributed by atoms with Gasteiger partial charge in [0.15, 0.2) is 5.96 Å². The van der Waals surface area contributed by atoms with Crippen LogP contribution in [0.1, 0.15) is 19.8 Å². The van der Waals surface area contributed by atoms with Gasteiger partial charge in [0, 0.05) is 57.5 Å². The summed E-state index contributed by atoms with van der Waals surface area (Å²) in [5.74, 6) is 1.04. The number of para-hydroxylation sites is 1. The Morgan fingerprint density at radius 2 is 1.88 bits per heavy atom. The van der Waals surface area contributed by atoms with Gasteiger partial charge in [-0.1, -0.05) is 18.2 Å². The minimum absolute atomic E-state index is 0.542. The summed E-state index contributed by atoms with van der Waals surface area (Å²) in [6.45, 7) is 7.37. The highest BCUT2D eigenvalue weighted by molar-refractivity contribution is 5.80. The fraction of sp³-hybridized carbons (Fsp3) is 0.632. The fourth-order valence-electron chi connectivity index (χ4n) is 3.37. The number of piperazine rings is 1.